The van der Waals surface area contributed by atoms with Crippen LogP contribution in [0.3, 0.4) is 0 Å². The van der Waals surface area contributed by atoms with Gasteiger partial charge in [0.05, 0.1) is 5.52 Å². The molecular formula is C17H22N2O. The SMILES string of the molecule is CCCc1cc(N2CCC(CO)C2)c2ccccc2n1. The van der Waals surface area contributed by atoms with E-state index in [-0.39, 0.29) is 0 Å². The van der Waals surface area contributed by atoms with Gasteiger partial charge in [-0.15, -0.1) is 0 Å². The molecule has 1 aromatic carbocycles. The lowest BCUT2D eigenvalue weighted by molar-refractivity contribution is 0.238. The highest BCUT2D eigenvalue weighted by atomic mass is 16.3. The second kappa shape index (κ2) is 5.80. The van der Waals surface area contributed by atoms with Crippen LogP contribution in [0.4, 0.5) is 5.69 Å². The van der Waals surface area contributed by atoms with Crippen LogP contribution in [0.5, 0.6) is 0 Å². The topological polar surface area (TPSA) is 36.4 Å². The van der Waals surface area contributed by atoms with Crippen molar-refractivity contribution in [3.05, 3.63) is 36.0 Å². The molecule has 0 aliphatic carbocycles. The van der Waals surface area contributed by atoms with Crippen molar-refractivity contribution in [2.45, 2.75) is 26.2 Å². The van der Waals surface area contributed by atoms with Crippen LogP contribution in [0.15, 0.2) is 30.3 Å². The molecule has 0 spiro atoms. The molecule has 1 saturated heterocycles. The summed E-state index contributed by atoms with van der Waals surface area (Å²) in [5.41, 5.74) is 3.55. The zero-order chi connectivity index (χ0) is 13.9. The summed E-state index contributed by atoms with van der Waals surface area (Å²) < 4.78 is 0. The van der Waals surface area contributed by atoms with E-state index in [0.29, 0.717) is 12.5 Å². The van der Waals surface area contributed by atoms with Gasteiger partial charge in [-0.3, -0.25) is 4.98 Å². The summed E-state index contributed by atoms with van der Waals surface area (Å²) in [5, 5.41) is 10.6. The molecule has 1 fully saturated rings. The number of nitrogens with zero attached hydrogens (tertiary/aromatic N) is 2. The molecule has 0 saturated carbocycles. The summed E-state index contributed by atoms with van der Waals surface area (Å²) in [5.74, 6) is 0.413. The van der Waals surface area contributed by atoms with Crippen LogP contribution in [0.2, 0.25) is 0 Å². The largest absolute Gasteiger partial charge is 0.396 e. The van der Waals surface area contributed by atoms with Crippen LogP contribution in [-0.2, 0) is 6.42 Å². The van der Waals surface area contributed by atoms with Crippen LogP contribution < -0.4 is 4.90 Å². The molecule has 1 aliphatic rings. The summed E-state index contributed by atoms with van der Waals surface area (Å²) in [6, 6.07) is 10.6. The first kappa shape index (κ1) is 13.4. The lowest BCUT2D eigenvalue weighted by Gasteiger charge is -2.21. The van der Waals surface area contributed by atoms with Crippen LogP contribution in [-0.4, -0.2) is 29.8 Å². The zero-order valence-corrected chi connectivity index (χ0v) is 12.0. The third-order valence-electron chi connectivity index (χ3n) is 4.14. The Bertz CT molecular complexity index is 597. The first-order valence-electron chi connectivity index (χ1n) is 7.56. The normalized spacial score (nSPS) is 18.9. The van der Waals surface area contributed by atoms with Gasteiger partial charge in [0.15, 0.2) is 0 Å². The lowest BCUT2D eigenvalue weighted by atomic mass is 10.1. The smallest absolute Gasteiger partial charge is 0.0726 e. The van der Waals surface area contributed by atoms with Crippen LogP contribution >= 0.6 is 0 Å². The Hall–Kier alpha value is -1.61. The fourth-order valence-electron chi connectivity index (χ4n) is 3.06. The fraction of sp³-hybridized carbons (Fsp3) is 0.471. The molecular weight excluding hydrogens is 248 g/mol. The molecule has 1 aliphatic heterocycles. The molecule has 3 nitrogen and oxygen atoms in total. The Morgan fingerprint density at radius 3 is 2.95 bits per heavy atom. The monoisotopic (exact) mass is 270 g/mol. The molecule has 1 aromatic heterocycles. The molecule has 1 atom stereocenters. The average Bonchev–Trinajstić information content (AvgIpc) is 2.95. The van der Waals surface area contributed by atoms with E-state index in [1.807, 2.05) is 0 Å². The Morgan fingerprint density at radius 1 is 1.35 bits per heavy atom. The summed E-state index contributed by atoms with van der Waals surface area (Å²) in [4.78, 5) is 7.17. The first-order valence-corrected chi connectivity index (χ1v) is 7.56. The maximum absolute atomic E-state index is 9.34. The van der Waals surface area contributed by atoms with Gasteiger partial charge in [-0.1, -0.05) is 31.5 Å². The molecule has 0 bridgehead atoms. The molecule has 2 heterocycles. The summed E-state index contributed by atoms with van der Waals surface area (Å²) in [6.07, 6.45) is 3.22. The van der Waals surface area contributed by atoms with E-state index in [2.05, 4.69) is 42.2 Å². The van der Waals surface area contributed by atoms with Crippen molar-refractivity contribution in [2.75, 3.05) is 24.6 Å². The number of rotatable bonds is 4. The number of hydrogen-bond donors (Lipinski definition) is 1. The molecule has 2 aromatic rings. The predicted octanol–water partition coefficient (Wildman–Crippen LogP) is 3.01. The van der Waals surface area contributed by atoms with Crippen molar-refractivity contribution >= 4 is 16.6 Å². The molecule has 3 rings (SSSR count). The average molecular weight is 270 g/mol. The van der Waals surface area contributed by atoms with Crippen molar-refractivity contribution in [1.29, 1.82) is 0 Å². The molecule has 20 heavy (non-hydrogen) atoms. The van der Waals surface area contributed by atoms with Gasteiger partial charge in [0.25, 0.3) is 0 Å². The van der Waals surface area contributed by atoms with Gasteiger partial charge < -0.3 is 10.0 Å². The van der Waals surface area contributed by atoms with Crippen molar-refractivity contribution in [3.8, 4) is 0 Å². The molecule has 0 amide bonds. The number of pyridine rings is 1. The second-order valence-electron chi connectivity index (χ2n) is 5.68. The van der Waals surface area contributed by atoms with Crippen molar-refractivity contribution in [1.82, 2.24) is 4.98 Å². The van der Waals surface area contributed by atoms with Crippen molar-refractivity contribution < 1.29 is 5.11 Å². The van der Waals surface area contributed by atoms with E-state index in [0.717, 1.165) is 37.9 Å². The number of aliphatic hydroxyl groups excluding tert-OH is 1. The van der Waals surface area contributed by atoms with Gasteiger partial charge >= 0.3 is 0 Å². The quantitative estimate of drug-likeness (QED) is 0.928. The second-order valence-corrected chi connectivity index (χ2v) is 5.68. The van der Waals surface area contributed by atoms with E-state index in [9.17, 15) is 5.11 Å². The molecule has 1 unspecified atom stereocenters. The van der Waals surface area contributed by atoms with Gasteiger partial charge in [0.1, 0.15) is 0 Å². The maximum Gasteiger partial charge on any atom is 0.0726 e. The molecule has 106 valence electrons. The minimum atomic E-state index is 0.293. The number of hydrogen-bond acceptors (Lipinski definition) is 3. The molecule has 0 radical (unpaired) electrons. The van der Waals surface area contributed by atoms with Gasteiger partial charge in [-0.25, -0.2) is 0 Å². The van der Waals surface area contributed by atoms with Crippen LogP contribution in [0, 0.1) is 5.92 Å². The predicted molar refractivity (Wildman–Crippen MR) is 83.1 cm³/mol. The van der Waals surface area contributed by atoms with Crippen molar-refractivity contribution in [2.24, 2.45) is 5.92 Å². The van der Waals surface area contributed by atoms with E-state index in [1.54, 1.807) is 0 Å². The Labute approximate surface area is 120 Å². The van der Waals surface area contributed by atoms with E-state index in [4.69, 9.17) is 4.98 Å². The summed E-state index contributed by atoms with van der Waals surface area (Å²) >= 11 is 0. The van der Waals surface area contributed by atoms with Crippen LogP contribution in [0.1, 0.15) is 25.5 Å². The van der Waals surface area contributed by atoms with Gasteiger partial charge in [0.2, 0.25) is 0 Å². The van der Waals surface area contributed by atoms with Crippen molar-refractivity contribution in [3.63, 3.8) is 0 Å². The van der Waals surface area contributed by atoms with Gasteiger partial charge in [0, 0.05) is 42.4 Å². The van der Waals surface area contributed by atoms with E-state index in [1.165, 1.54) is 16.8 Å². The minimum Gasteiger partial charge on any atom is -0.396 e. The highest BCUT2D eigenvalue weighted by Crippen LogP contribution is 2.31. The first-order chi connectivity index (χ1) is 9.81. The number of aromatic nitrogens is 1. The zero-order valence-electron chi connectivity index (χ0n) is 12.0. The van der Waals surface area contributed by atoms with E-state index >= 15 is 0 Å². The standard InChI is InChI=1S/C17H22N2O/c1-2-5-14-10-17(19-9-8-13(11-19)12-20)15-6-3-4-7-16(15)18-14/h3-4,6-7,10,13,20H,2,5,8-9,11-12H2,1H3. The number of aryl methyl sites for hydroxylation is 1. The van der Waals surface area contributed by atoms with Crippen LogP contribution in [0.25, 0.3) is 10.9 Å². The lowest BCUT2D eigenvalue weighted by Crippen LogP contribution is -2.21. The van der Waals surface area contributed by atoms with Gasteiger partial charge in [-0.05, 0) is 25.0 Å². The minimum absolute atomic E-state index is 0.293. The number of fused-ring (bicyclic) bond motifs is 1. The summed E-state index contributed by atoms with van der Waals surface area (Å²) in [6.45, 7) is 4.47. The molecule has 1 N–H and O–H groups in total. The fourth-order valence-corrected chi connectivity index (χ4v) is 3.06. The van der Waals surface area contributed by atoms with E-state index < -0.39 is 0 Å². The molecule has 3 heteroatoms. The Morgan fingerprint density at radius 2 is 2.20 bits per heavy atom. The summed E-state index contributed by atoms with van der Waals surface area (Å²) in [7, 11) is 0. The highest BCUT2D eigenvalue weighted by Gasteiger charge is 2.23. The maximum atomic E-state index is 9.34. The third kappa shape index (κ3) is 2.50. The Kier molecular flexibility index (Phi) is 3.88. The third-order valence-corrected chi connectivity index (χ3v) is 4.14. The Balaban J connectivity index is 2.03. The number of anilines is 1. The van der Waals surface area contributed by atoms with Gasteiger partial charge in [-0.2, -0.15) is 0 Å². The number of aliphatic hydroxyl groups is 1. The number of para-hydroxylation sites is 1. The number of benzene rings is 1. The highest BCUT2D eigenvalue weighted by molar-refractivity contribution is 5.92.